The summed E-state index contributed by atoms with van der Waals surface area (Å²) in [7, 11) is 1.68. The number of aromatic nitrogens is 2. The maximum absolute atomic E-state index is 5.40. The Balaban J connectivity index is 2.05. The number of halogens is 1. The Labute approximate surface area is 121 Å². The summed E-state index contributed by atoms with van der Waals surface area (Å²) in [6, 6.07) is 6.23. The van der Waals surface area contributed by atoms with Crippen LogP contribution in [0.4, 0.5) is 0 Å². The lowest BCUT2D eigenvalue weighted by Crippen LogP contribution is -2.18. The molecule has 0 fully saturated rings. The van der Waals surface area contributed by atoms with Gasteiger partial charge in [-0.2, -0.15) is 0 Å². The van der Waals surface area contributed by atoms with Crippen molar-refractivity contribution in [3.63, 3.8) is 0 Å². The van der Waals surface area contributed by atoms with E-state index in [2.05, 4.69) is 44.2 Å². The summed E-state index contributed by atoms with van der Waals surface area (Å²) >= 11 is 3.44. The van der Waals surface area contributed by atoms with Crippen LogP contribution in [0.15, 0.2) is 41.4 Å². The van der Waals surface area contributed by atoms with E-state index in [9.17, 15) is 0 Å². The molecule has 0 radical (unpaired) electrons. The number of hydrogen-bond acceptors (Lipinski definition) is 4. The Morgan fingerprint density at radius 3 is 2.74 bits per heavy atom. The molecule has 0 amide bonds. The number of nitrogens with zero attached hydrogens (tertiary/aromatic N) is 2. The van der Waals surface area contributed by atoms with Crippen molar-refractivity contribution in [2.45, 2.75) is 19.5 Å². The topological polar surface area (TPSA) is 47.0 Å². The monoisotopic (exact) mass is 321 g/mol. The highest BCUT2D eigenvalue weighted by Gasteiger charge is 2.11. The Bertz CT molecular complexity index is 533. The van der Waals surface area contributed by atoms with Gasteiger partial charge in [0.2, 0.25) is 0 Å². The van der Waals surface area contributed by atoms with Gasteiger partial charge in [-0.1, -0.05) is 22.0 Å². The predicted octanol–water partition coefficient (Wildman–Crippen LogP) is 3.10. The molecule has 1 heterocycles. The van der Waals surface area contributed by atoms with Crippen molar-refractivity contribution in [3.8, 4) is 5.75 Å². The van der Waals surface area contributed by atoms with E-state index >= 15 is 0 Å². The first kappa shape index (κ1) is 14.0. The highest BCUT2D eigenvalue weighted by molar-refractivity contribution is 9.10. The number of nitrogens with one attached hydrogen (secondary N) is 1. The first-order valence-corrected chi connectivity index (χ1v) is 6.80. The minimum Gasteiger partial charge on any atom is -0.496 e. The van der Waals surface area contributed by atoms with Crippen molar-refractivity contribution in [2.75, 3.05) is 7.11 Å². The summed E-state index contributed by atoms with van der Waals surface area (Å²) in [6.07, 6.45) is 5.15. The molecular formula is C14H16BrN3O. The molecule has 0 bridgehead atoms. The SMILES string of the molecule is COc1cc(Br)ccc1C(C)NCc1cncnc1. The summed E-state index contributed by atoms with van der Waals surface area (Å²) < 4.78 is 6.42. The molecule has 0 aliphatic rings. The van der Waals surface area contributed by atoms with Gasteiger partial charge in [-0.05, 0) is 19.1 Å². The van der Waals surface area contributed by atoms with E-state index in [0.29, 0.717) is 0 Å². The van der Waals surface area contributed by atoms with E-state index in [1.54, 1.807) is 7.11 Å². The van der Waals surface area contributed by atoms with Crippen LogP contribution in [0.3, 0.4) is 0 Å². The van der Waals surface area contributed by atoms with Gasteiger partial charge in [-0.25, -0.2) is 9.97 Å². The molecule has 1 unspecified atom stereocenters. The van der Waals surface area contributed by atoms with Crippen LogP contribution in [0.5, 0.6) is 5.75 Å². The molecule has 0 saturated heterocycles. The lowest BCUT2D eigenvalue weighted by Gasteiger charge is -2.17. The van der Waals surface area contributed by atoms with Crippen molar-refractivity contribution in [2.24, 2.45) is 0 Å². The van der Waals surface area contributed by atoms with Crippen molar-refractivity contribution in [1.29, 1.82) is 0 Å². The third kappa shape index (κ3) is 3.75. The van der Waals surface area contributed by atoms with Crippen LogP contribution in [0.25, 0.3) is 0 Å². The fourth-order valence-electron chi connectivity index (χ4n) is 1.84. The molecule has 2 aromatic rings. The largest absolute Gasteiger partial charge is 0.496 e. The van der Waals surface area contributed by atoms with Gasteiger partial charge < -0.3 is 10.1 Å². The summed E-state index contributed by atoms with van der Waals surface area (Å²) in [5.41, 5.74) is 2.19. The number of benzene rings is 1. The Morgan fingerprint density at radius 2 is 2.05 bits per heavy atom. The van der Waals surface area contributed by atoms with Crippen molar-refractivity contribution in [1.82, 2.24) is 15.3 Å². The highest BCUT2D eigenvalue weighted by atomic mass is 79.9. The molecule has 0 aliphatic carbocycles. The molecule has 0 spiro atoms. The summed E-state index contributed by atoms with van der Waals surface area (Å²) in [6.45, 7) is 2.83. The average molecular weight is 322 g/mol. The average Bonchev–Trinajstić information content (AvgIpc) is 2.45. The second-order valence-electron chi connectivity index (χ2n) is 4.24. The van der Waals surface area contributed by atoms with Gasteiger partial charge in [-0.3, -0.25) is 0 Å². The number of ether oxygens (including phenoxy) is 1. The molecule has 0 saturated carbocycles. The molecule has 5 heteroatoms. The molecule has 1 aromatic heterocycles. The molecule has 1 N–H and O–H groups in total. The Hall–Kier alpha value is -1.46. The van der Waals surface area contributed by atoms with E-state index in [1.807, 2.05) is 24.5 Å². The normalized spacial score (nSPS) is 12.2. The van der Waals surface area contributed by atoms with Gasteiger partial charge in [0.05, 0.1) is 7.11 Å². The molecule has 1 aromatic carbocycles. The maximum atomic E-state index is 5.40. The summed E-state index contributed by atoms with van der Waals surface area (Å²) in [5, 5.41) is 3.43. The second-order valence-corrected chi connectivity index (χ2v) is 5.15. The zero-order valence-corrected chi connectivity index (χ0v) is 12.5. The van der Waals surface area contributed by atoms with E-state index in [4.69, 9.17) is 4.74 Å². The van der Waals surface area contributed by atoms with Crippen LogP contribution in [0, 0.1) is 0 Å². The van der Waals surface area contributed by atoms with E-state index in [1.165, 1.54) is 6.33 Å². The first-order valence-electron chi connectivity index (χ1n) is 6.01. The first-order chi connectivity index (χ1) is 9.20. The van der Waals surface area contributed by atoms with Crippen LogP contribution in [0.2, 0.25) is 0 Å². The third-order valence-corrected chi connectivity index (χ3v) is 3.38. The minimum absolute atomic E-state index is 0.184. The van der Waals surface area contributed by atoms with E-state index < -0.39 is 0 Å². The second kappa shape index (κ2) is 6.63. The minimum atomic E-state index is 0.184. The van der Waals surface area contributed by atoms with Crippen LogP contribution in [0.1, 0.15) is 24.1 Å². The molecule has 0 aliphatic heterocycles. The fourth-order valence-corrected chi connectivity index (χ4v) is 2.18. The van der Waals surface area contributed by atoms with Crippen molar-refractivity contribution in [3.05, 3.63) is 52.5 Å². The smallest absolute Gasteiger partial charge is 0.124 e. The zero-order valence-electron chi connectivity index (χ0n) is 10.9. The van der Waals surface area contributed by atoms with Gasteiger partial charge in [0.15, 0.2) is 0 Å². The fraction of sp³-hybridized carbons (Fsp3) is 0.286. The number of methoxy groups -OCH3 is 1. The van der Waals surface area contributed by atoms with Gasteiger partial charge in [0.25, 0.3) is 0 Å². The van der Waals surface area contributed by atoms with Crippen LogP contribution in [-0.4, -0.2) is 17.1 Å². The number of hydrogen-bond donors (Lipinski definition) is 1. The standard InChI is InChI=1S/C14H16BrN3O/c1-10(18-8-11-6-16-9-17-7-11)13-4-3-12(15)5-14(13)19-2/h3-7,9-10,18H,8H2,1-2H3. The summed E-state index contributed by atoms with van der Waals surface area (Å²) in [5.74, 6) is 0.874. The molecule has 2 rings (SSSR count). The summed E-state index contributed by atoms with van der Waals surface area (Å²) in [4.78, 5) is 8.00. The van der Waals surface area contributed by atoms with Gasteiger partial charge in [-0.15, -0.1) is 0 Å². The van der Waals surface area contributed by atoms with Gasteiger partial charge >= 0.3 is 0 Å². The Morgan fingerprint density at radius 1 is 1.32 bits per heavy atom. The predicted molar refractivity (Wildman–Crippen MR) is 78.0 cm³/mol. The van der Waals surface area contributed by atoms with E-state index in [0.717, 1.165) is 27.9 Å². The van der Waals surface area contributed by atoms with Crippen LogP contribution >= 0.6 is 15.9 Å². The zero-order chi connectivity index (χ0) is 13.7. The Kier molecular flexibility index (Phi) is 4.87. The lowest BCUT2D eigenvalue weighted by molar-refractivity contribution is 0.401. The molecule has 1 atom stereocenters. The molecular weight excluding hydrogens is 306 g/mol. The van der Waals surface area contributed by atoms with Crippen LogP contribution in [-0.2, 0) is 6.54 Å². The molecule has 19 heavy (non-hydrogen) atoms. The molecule has 4 nitrogen and oxygen atoms in total. The molecule has 100 valence electrons. The lowest BCUT2D eigenvalue weighted by atomic mass is 10.1. The van der Waals surface area contributed by atoms with E-state index in [-0.39, 0.29) is 6.04 Å². The quantitative estimate of drug-likeness (QED) is 0.919. The number of rotatable bonds is 5. The van der Waals surface area contributed by atoms with Crippen LogP contribution < -0.4 is 10.1 Å². The van der Waals surface area contributed by atoms with Gasteiger partial charge in [0.1, 0.15) is 12.1 Å². The third-order valence-electron chi connectivity index (χ3n) is 2.89. The maximum Gasteiger partial charge on any atom is 0.124 e. The highest BCUT2D eigenvalue weighted by Crippen LogP contribution is 2.28. The van der Waals surface area contributed by atoms with Crippen molar-refractivity contribution >= 4 is 15.9 Å². The van der Waals surface area contributed by atoms with Crippen molar-refractivity contribution < 1.29 is 4.74 Å². The van der Waals surface area contributed by atoms with Gasteiger partial charge in [0, 0.05) is 40.6 Å².